The molecule has 2 atom stereocenters. The zero-order chi connectivity index (χ0) is 34.5. The number of nitrogens with one attached hydrogen (secondary N) is 2. The van der Waals surface area contributed by atoms with Crippen molar-refractivity contribution in [3.8, 4) is 45.4 Å². The van der Waals surface area contributed by atoms with E-state index in [-0.39, 0.29) is 11.9 Å². The van der Waals surface area contributed by atoms with Gasteiger partial charge in [-0.3, -0.25) is 9.59 Å². The van der Waals surface area contributed by atoms with Gasteiger partial charge in [-0.25, -0.2) is 9.97 Å². The van der Waals surface area contributed by atoms with Crippen molar-refractivity contribution in [1.82, 2.24) is 20.6 Å². The summed E-state index contributed by atoms with van der Waals surface area (Å²) in [5.41, 5.74) is 7.50. The van der Waals surface area contributed by atoms with E-state index in [1.54, 1.807) is 14.2 Å². The molecular formula is C39H42Cl2N4O4. The van der Waals surface area contributed by atoms with Crippen LogP contribution in [-0.2, 0) is 22.6 Å². The molecule has 4 aromatic rings. The minimum atomic E-state index is 0.140. The summed E-state index contributed by atoms with van der Waals surface area (Å²) < 4.78 is 11.4. The Morgan fingerprint density at radius 2 is 1.51 bits per heavy atom. The highest BCUT2D eigenvalue weighted by Crippen LogP contribution is 2.43. The number of hydrogen-bond donors (Lipinski definition) is 2. The number of aromatic nitrogens is 2. The van der Waals surface area contributed by atoms with Gasteiger partial charge in [0.1, 0.15) is 5.78 Å². The summed E-state index contributed by atoms with van der Waals surface area (Å²) in [5.74, 6) is 1.98. The fourth-order valence-corrected chi connectivity index (χ4v) is 7.55. The second-order valence-electron chi connectivity index (χ2n) is 13.0. The second kappa shape index (κ2) is 15.7. The number of aryl methyl sites for hydroxylation is 2. The van der Waals surface area contributed by atoms with Crippen molar-refractivity contribution in [1.29, 1.82) is 0 Å². The van der Waals surface area contributed by atoms with Gasteiger partial charge in [0.05, 0.1) is 35.7 Å². The smallest absolute Gasteiger partial charge is 0.220 e. The third kappa shape index (κ3) is 8.09. The number of methoxy groups -OCH3 is 2. The Morgan fingerprint density at radius 3 is 2.20 bits per heavy atom. The van der Waals surface area contributed by atoms with E-state index < -0.39 is 0 Å². The SMILES string of the molecule is COc1nc(-c2cccc(-c3cc(C)cc(-c4ccc(CNC[C@@H]5CCC(=O)C5)c(OC)n4)c3Cl)c2Cl)ccc1CCC[C@@H]1CCC(=O)N1. The van der Waals surface area contributed by atoms with E-state index in [1.165, 1.54) is 0 Å². The number of pyridine rings is 2. The van der Waals surface area contributed by atoms with E-state index in [0.717, 1.165) is 77.6 Å². The average molecular weight is 702 g/mol. The number of ketones is 1. The molecule has 1 aliphatic carbocycles. The number of ether oxygens (including phenoxy) is 2. The largest absolute Gasteiger partial charge is 0.481 e. The summed E-state index contributed by atoms with van der Waals surface area (Å²) >= 11 is 14.3. The van der Waals surface area contributed by atoms with Gasteiger partial charge in [0, 0.05) is 65.2 Å². The first-order valence-electron chi connectivity index (χ1n) is 16.9. The molecule has 2 aromatic heterocycles. The molecule has 2 N–H and O–H groups in total. The molecule has 1 saturated heterocycles. The van der Waals surface area contributed by atoms with Gasteiger partial charge in [0.15, 0.2) is 0 Å². The van der Waals surface area contributed by atoms with Gasteiger partial charge in [-0.15, -0.1) is 0 Å². The Labute approximate surface area is 297 Å². The highest BCUT2D eigenvalue weighted by Gasteiger charge is 2.23. The number of Topliss-reactive ketones (excluding diaryl/α,β-unsaturated/α-hetero) is 1. The van der Waals surface area contributed by atoms with E-state index in [9.17, 15) is 9.59 Å². The maximum Gasteiger partial charge on any atom is 0.220 e. The predicted molar refractivity (Wildman–Crippen MR) is 194 cm³/mol. The van der Waals surface area contributed by atoms with Gasteiger partial charge in [-0.05, 0) is 81.3 Å². The third-order valence-corrected chi connectivity index (χ3v) is 10.3. The van der Waals surface area contributed by atoms with Crippen LogP contribution in [0.4, 0.5) is 0 Å². The van der Waals surface area contributed by atoms with Crippen molar-refractivity contribution in [2.45, 2.75) is 70.9 Å². The Bertz CT molecular complexity index is 1860. The van der Waals surface area contributed by atoms with Gasteiger partial charge in [0.25, 0.3) is 0 Å². The number of carbonyl (C=O) groups excluding carboxylic acids is 2. The molecule has 1 amide bonds. The van der Waals surface area contributed by atoms with E-state index in [4.69, 9.17) is 42.6 Å². The molecule has 10 heteroatoms. The number of hydrogen-bond acceptors (Lipinski definition) is 7. The topological polar surface area (TPSA) is 102 Å². The molecule has 2 aliphatic rings. The van der Waals surface area contributed by atoms with Crippen LogP contribution in [0.3, 0.4) is 0 Å². The van der Waals surface area contributed by atoms with Crippen molar-refractivity contribution >= 4 is 34.9 Å². The van der Waals surface area contributed by atoms with Crippen LogP contribution in [0, 0.1) is 12.8 Å². The summed E-state index contributed by atoms with van der Waals surface area (Å²) in [6.07, 6.45) is 6.46. The molecule has 0 radical (unpaired) electrons. The maximum absolute atomic E-state index is 11.6. The highest BCUT2D eigenvalue weighted by molar-refractivity contribution is 6.39. The standard InChI is InChI=1S/C39H42Cl2N4O4/c1-23-18-31(37(41)32(19-23)34-16-12-26(39(45-34)49-3)22-42-21-24-10-14-28(46)20-24)29-8-5-9-30(36(29)40)33-15-11-25(38(44-33)48-2)6-4-7-27-13-17-35(47)43-27/h5,8-9,11-12,15-16,18-19,24,27,42H,4,6-7,10,13-14,17,20-22H2,1-3H3,(H,43,47)/t24-,27-/m1/s1. The first kappa shape index (κ1) is 34.9. The molecule has 1 aliphatic heterocycles. The predicted octanol–water partition coefficient (Wildman–Crippen LogP) is 8.17. The Hall–Kier alpha value is -3.98. The number of carbonyl (C=O) groups is 2. The van der Waals surface area contributed by atoms with Crippen LogP contribution in [0.1, 0.15) is 61.6 Å². The van der Waals surface area contributed by atoms with Gasteiger partial charge in [0.2, 0.25) is 17.7 Å². The lowest BCUT2D eigenvalue weighted by Crippen LogP contribution is -2.25. The third-order valence-electron chi connectivity index (χ3n) is 9.50. The maximum atomic E-state index is 11.6. The number of amides is 1. The molecule has 0 unspecified atom stereocenters. The molecule has 0 spiro atoms. The first-order valence-corrected chi connectivity index (χ1v) is 17.7. The van der Waals surface area contributed by atoms with Crippen LogP contribution >= 0.6 is 23.2 Å². The van der Waals surface area contributed by atoms with Crippen molar-refractivity contribution in [2.24, 2.45) is 5.92 Å². The second-order valence-corrected chi connectivity index (χ2v) is 13.8. The lowest BCUT2D eigenvalue weighted by atomic mass is 9.96. The van der Waals surface area contributed by atoms with Crippen LogP contribution in [0.2, 0.25) is 10.0 Å². The van der Waals surface area contributed by atoms with Crippen molar-refractivity contribution in [3.63, 3.8) is 0 Å². The normalized spacial score (nSPS) is 17.4. The zero-order valence-corrected chi connectivity index (χ0v) is 29.7. The van der Waals surface area contributed by atoms with E-state index in [0.29, 0.717) is 70.7 Å². The molecule has 6 rings (SSSR count). The molecular weight excluding hydrogens is 659 g/mol. The quantitative estimate of drug-likeness (QED) is 0.145. The fourth-order valence-electron chi connectivity index (χ4n) is 6.92. The first-order chi connectivity index (χ1) is 23.7. The molecule has 8 nitrogen and oxygen atoms in total. The summed E-state index contributed by atoms with van der Waals surface area (Å²) in [6.45, 7) is 3.41. The summed E-state index contributed by atoms with van der Waals surface area (Å²) in [6, 6.07) is 18.2. The Balaban J connectivity index is 1.23. The van der Waals surface area contributed by atoms with Crippen LogP contribution in [0.5, 0.6) is 11.8 Å². The van der Waals surface area contributed by atoms with Crippen molar-refractivity contribution < 1.29 is 19.1 Å². The fraction of sp³-hybridized carbons (Fsp3) is 0.385. The van der Waals surface area contributed by atoms with Gasteiger partial charge in [-0.1, -0.05) is 53.5 Å². The lowest BCUT2D eigenvalue weighted by Gasteiger charge is -2.17. The van der Waals surface area contributed by atoms with E-state index in [2.05, 4.69) is 10.6 Å². The zero-order valence-electron chi connectivity index (χ0n) is 28.2. The van der Waals surface area contributed by atoms with Crippen LogP contribution in [-0.4, -0.2) is 48.5 Å². The van der Waals surface area contributed by atoms with Gasteiger partial charge >= 0.3 is 0 Å². The van der Waals surface area contributed by atoms with Crippen molar-refractivity contribution in [2.75, 3.05) is 20.8 Å². The van der Waals surface area contributed by atoms with E-state index in [1.807, 2.05) is 61.5 Å². The summed E-state index contributed by atoms with van der Waals surface area (Å²) in [4.78, 5) is 32.9. The van der Waals surface area contributed by atoms with Gasteiger partial charge in [-0.2, -0.15) is 0 Å². The van der Waals surface area contributed by atoms with E-state index >= 15 is 0 Å². The molecule has 3 heterocycles. The number of nitrogens with zero attached hydrogens (tertiary/aromatic N) is 2. The molecule has 1 saturated carbocycles. The highest BCUT2D eigenvalue weighted by atomic mass is 35.5. The van der Waals surface area contributed by atoms with Crippen LogP contribution < -0.4 is 20.1 Å². The van der Waals surface area contributed by atoms with Crippen molar-refractivity contribution in [3.05, 3.63) is 81.3 Å². The van der Waals surface area contributed by atoms with Gasteiger partial charge < -0.3 is 20.1 Å². The molecule has 2 aromatic carbocycles. The average Bonchev–Trinajstić information content (AvgIpc) is 3.72. The Kier molecular flexibility index (Phi) is 11.2. The Morgan fingerprint density at radius 1 is 0.837 bits per heavy atom. The molecule has 0 bridgehead atoms. The number of halogens is 2. The lowest BCUT2D eigenvalue weighted by molar-refractivity contribution is -0.119. The molecule has 49 heavy (non-hydrogen) atoms. The summed E-state index contributed by atoms with van der Waals surface area (Å²) in [5, 5.41) is 7.58. The number of benzene rings is 2. The minimum Gasteiger partial charge on any atom is -0.481 e. The molecule has 2 fully saturated rings. The molecule has 256 valence electrons. The minimum absolute atomic E-state index is 0.140. The summed E-state index contributed by atoms with van der Waals surface area (Å²) in [7, 11) is 3.25. The monoisotopic (exact) mass is 700 g/mol. The van der Waals surface area contributed by atoms with Crippen LogP contribution in [0.15, 0.2) is 54.6 Å². The number of rotatable bonds is 13. The van der Waals surface area contributed by atoms with Crippen LogP contribution in [0.25, 0.3) is 33.6 Å².